The van der Waals surface area contributed by atoms with Crippen molar-refractivity contribution in [3.8, 4) is 5.75 Å². The van der Waals surface area contributed by atoms with E-state index < -0.39 is 5.54 Å². The highest BCUT2D eigenvalue weighted by molar-refractivity contribution is 7.16. The van der Waals surface area contributed by atoms with Crippen LogP contribution in [-0.4, -0.2) is 54.2 Å². The van der Waals surface area contributed by atoms with Gasteiger partial charge in [-0.05, 0) is 30.5 Å². The Labute approximate surface area is 179 Å². The van der Waals surface area contributed by atoms with Crippen molar-refractivity contribution >= 4 is 33.4 Å². The van der Waals surface area contributed by atoms with E-state index >= 15 is 0 Å². The molecule has 0 fully saturated rings. The number of nitrogens with zero attached hydrogens (tertiary/aromatic N) is 2. The number of ether oxygens (including phenoxy) is 2. The molecule has 0 radical (unpaired) electrons. The molecule has 7 nitrogen and oxygen atoms in total. The number of aromatic nitrogens is 1. The molecule has 0 spiro atoms. The van der Waals surface area contributed by atoms with Crippen LogP contribution in [0.15, 0.2) is 41.8 Å². The van der Waals surface area contributed by atoms with E-state index in [0.717, 1.165) is 15.8 Å². The number of nitrogens with one attached hydrogen (secondary N) is 1. The molecular formula is C22H25N3O4S. The molecule has 4 rings (SSSR count). The van der Waals surface area contributed by atoms with E-state index in [4.69, 9.17) is 9.47 Å². The zero-order chi connectivity index (χ0) is 21.3. The number of hydrogen-bond donors (Lipinski definition) is 1. The molecule has 1 N–H and O–H groups in total. The van der Waals surface area contributed by atoms with E-state index in [1.807, 2.05) is 53.3 Å². The first-order valence-electron chi connectivity index (χ1n) is 9.77. The first-order chi connectivity index (χ1) is 14.5. The van der Waals surface area contributed by atoms with Crippen LogP contribution < -0.4 is 10.1 Å². The number of methoxy groups -OCH3 is 2. The van der Waals surface area contributed by atoms with Crippen molar-refractivity contribution in [2.24, 2.45) is 0 Å². The number of hydrogen-bond acceptors (Lipinski definition) is 5. The maximum atomic E-state index is 13.6. The van der Waals surface area contributed by atoms with Crippen LogP contribution in [0.25, 0.3) is 10.2 Å². The van der Waals surface area contributed by atoms with Crippen LogP contribution >= 0.6 is 11.3 Å². The number of benzene rings is 1. The van der Waals surface area contributed by atoms with Gasteiger partial charge < -0.3 is 24.3 Å². The normalized spacial score (nSPS) is 18.5. The third-order valence-electron chi connectivity index (χ3n) is 5.63. The average molecular weight is 428 g/mol. The van der Waals surface area contributed by atoms with E-state index in [1.54, 1.807) is 30.5 Å². The lowest BCUT2D eigenvalue weighted by Crippen LogP contribution is -2.63. The summed E-state index contributed by atoms with van der Waals surface area (Å²) in [5, 5.41) is 5.94. The summed E-state index contributed by atoms with van der Waals surface area (Å²) in [7, 11) is 3.19. The summed E-state index contributed by atoms with van der Waals surface area (Å²) in [5.74, 6) is 0.321. The van der Waals surface area contributed by atoms with Gasteiger partial charge in [-0.2, -0.15) is 0 Å². The Hall–Kier alpha value is -2.84. The van der Waals surface area contributed by atoms with Crippen molar-refractivity contribution in [1.29, 1.82) is 0 Å². The van der Waals surface area contributed by atoms with Crippen molar-refractivity contribution in [3.63, 3.8) is 0 Å². The lowest BCUT2D eigenvalue weighted by molar-refractivity contribution is -0.133. The lowest BCUT2D eigenvalue weighted by atomic mass is 9.93. The van der Waals surface area contributed by atoms with Gasteiger partial charge in [-0.3, -0.25) is 9.59 Å². The van der Waals surface area contributed by atoms with E-state index in [9.17, 15) is 9.59 Å². The molecule has 0 bridgehead atoms. The smallest absolute Gasteiger partial charge is 0.271 e. The second-order valence-corrected chi connectivity index (χ2v) is 8.42. The van der Waals surface area contributed by atoms with Gasteiger partial charge in [0.2, 0.25) is 5.91 Å². The molecular weight excluding hydrogens is 402 g/mol. The van der Waals surface area contributed by atoms with Gasteiger partial charge >= 0.3 is 0 Å². The van der Waals surface area contributed by atoms with Gasteiger partial charge in [0.1, 0.15) is 21.8 Å². The fraction of sp³-hybridized carbons (Fsp3) is 0.364. The lowest BCUT2D eigenvalue weighted by Gasteiger charge is -2.44. The van der Waals surface area contributed by atoms with E-state index in [2.05, 4.69) is 5.32 Å². The number of rotatable bonds is 7. The molecule has 3 heterocycles. The minimum Gasteiger partial charge on any atom is -0.496 e. The Morgan fingerprint density at radius 2 is 2.07 bits per heavy atom. The standard InChI is InChI=1S/C22H25N3O4S/c1-22(21(27)23-9-10-28-2)14-24-17(12-15-8-11-30-20(15)24)19(26)25(22)13-16-6-4-5-7-18(16)29-3/h4-8,11-12H,9-10,13-14H2,1-3H3,(H,23,27)/t22-/m1/s1. The highest BCUT2D eigenvalue weighted by Crippen LogP contribution is 2.36. The van der Waals surface area contributed by atoms with Gasteiger partial charge in [0, 0.05) is 24.6 Å². The fourth-order valence-corrected chi connectivity index (χ4v) is 4.86. The van der Waals surface area contributed by atoms with Gasteiger partial charge in [0.25, 0.3) is 5.91 Å². The Morgan fingerprint density at radius 1 is 1.27 bits per heavy atom. The van der Waals surface area contributed by atoms with Gasteiger partial charge in [0.15, 0.2) is 0 Å². The molecule has 2 aromatic heterocycles. The van der Waals surface area contributed by atoms with Crippen LogP contribution in [-0.2, 0) is 22.6 Å². The highest BCUT2D eigenvalue weighted by atomic mass is 32.1. The number of thiophene rings is 1. The summed E-state index contributed by atoms with van der Waals surface area (Å²) < 4.78 is 12.5. The maximum absolute atomic E-state index is 13.6. The molecule has 158 valence electrons. The quantitative estimate of drug-likeness (QED) is 0.589. The molecule has 1 atom stereocenters. The molecule has 8 heteroatoms. The first kappa shape index (κ1) is 20.4. The molecule has 0 saturated heterocycles. The summed E-state index contributed by atoms with van der Waals surface area (Å²) in [6.45, 7) is 3.27. The summed E-state index contributed by atoms with van der Waals surface area (Å²) in [4.78, 5) is 29.6. The molecule has 0 aliphatic carbocycles. The second-order valence-electron chi connectivity index (χ2n) is 7.52. The predicted octanol–water partition coefficient (Wildman–Crippen LogP) is 2.89. The molecule has 2 amide bonds. The van der Waals surface area contributed by atoms with Crippen LogP contribution in [0.5, 0.6) is 5.75 Å². The summed E-state index contributed by atoms with van der Waals surface area (Å²) in [5.41, 5.74) is 0.397. The first-order valence-corrected chi connectivity index (χ1v) is 10.7. The Kier molecular flexibility index (Phi) is 5.53. The summed E-state index contributed by atoms with van der Waals surface area (Å²) in [6.07, 6.45) is 0. The van der Waals surface area contributed by atoms with Gasteiger partial charge in [-0.1, -0.05) is 18.2 Å². The van der Waals surface area contributed by atoms with Crippen LogP contribution in [0.4, 0.5) is 0 Å². The minimum atomic E-state index is -1.06. The Morgan fingerprint density at radius 3 is 2.83 bits per heavy atom. The molecule has 3 aromatic rings. The molecule has 30 heavy (non-hydrogen) atoms. The Balaban J connectivity index is 1.76. The van der Waals surface area contributed by atoms with Crippen LogP contribution in [0.3, 0.4) is 0 Å². The summed E-state index contributed by atoms with van der Waals surface area (Å²) >= 11 is 1.58. The molecule has 1 aromatic carbocycles. The second kappa shape index (κ2) is 8.12. The van der Waals surface area contributed by atoms with E-state index in [-0.39, 0.29) is 18.4 Å². The van der Waals surface area contributed by atoms with Crippen molar-refractivity contribution < 1.29 is 19.1 Å². The monoisotopic (exact) mass is 427 g/mol. The third kappa shape index (κ3) is 3.36. The zero-order valence-electron chi connectivity index (χ0n) is 17.3. The van der Waals surface area contributed by atoms with Gasteiger partial charge in [0.05, 0.1) is 26.8 Å². The SMILES string of the molecule is COCCNC(=O)[C@@]1(C)Cn2c(cc3ccsc32)C(=O)N1Cc1ccccc1OC. The number of carbonyl (C=O) groups is 2. The number of para-hydroxylation sites is 1. The minimum absolute atomic E-state index is 0.167. The van der Waals surface area contributed by atoms with Crippen molar-refractivity contribution in [3.05, 3.63) is 53.0 Å². The third-order valence-corrected chi connectivity index (χ3v) is 6.58. The predicted molar refractivity (Wildman–Crippen MR) is 116 cm³/mol. The Bertz CT molecular complexity index is 1090. The molecule has 0 saturated carbocycles. The number of carbonyl (C=O) groups excluding carboxylic acids is 2. The zero-order valence-corrected chi connectivity index (χ0v) is 18.1. The largest absolute Gasteiger partial charge is 0.496 e. The van der Waals surface area contributed by atoms with Gasteiger partial charge in [-0.25, -0.2) is 0 Å². The number of amides is 2. The maximum Gasteiger partial charge on any atom is 0.271 e. The van der Waals surface area contributed by atoms with Crippen molar-refractivity contribution in [2.75, 3.05) is 27.4 Å². The van der Waals surface area contributed by atoms with Crippen LogP contribution in [0.2, 0.25) is 0 Å². The van der Waals surface area contributed by atoms with Crippen LogP contribution in [0.1, 0.15) is 23.0 Å². The van der Waals surface area contributed by atoms with E-state index in [1.165, 1.54) is 0 Å². The van der Waals surface area contributed by atoms with Crippen molar-refractivity contribution in [1.82, 2.24) is 14.8 Å². The van der Waals surface area contributed by atoms with Crippen molar-refractivity contribution in [2.45, 2.75) is 25.6 Å². The summed E-state index contributed by atoms with van der Waals surface area (Å²) in [6, 6.07) is 11.5. The number of fused-ring (bicyclic) bond motifs is 3. The average Bonchev–Trinajstić information content (AvgIpc) is 3.34. The van der Waals surface area contributed by atoms with Gasteiger partial charge in [-0.15, -0.1) is 11.3 Å². The molecule has 1 aliphatic heterocycles. The fourth-order valence-electron chi connectivity index (χ4n) is 3.97. The van der Waals surface area contributed by atoms with E-state index in [0.29, 0.717) is 31.1 Å². The topological polar surface area (TPSA) is 72.8 Å². The molecule has 1 aliphatic rings. The van der Waals surface area contributed by atoms with Crippen LogP contribution in [0, 0.1) is 0 Å². The molecule has 0 unspecified atom stereocenters. The highest BCUT2D eigenvalue weighted by Gasteiger charge is 2.47.